The molecule has 0 aromatic heterocycles. The minimum absolute atomic E-state index is 0.0814. The molecule has 1 saturated heterocycles. The van der Waals surface area contributed by atoms with Gasteiger partial charge in [0.05, 0.1) is 18.1 Å². The summed E-state index contributed by atoms with van der Waals surface area (Å²) in [5.41, 5.74) is 5.83. The number of sulfonamides is 1. The first-order valence-electron chi connectivity index (χ1n) is 9.79. The lowest BCUT2D eigenvalue weighted by atomic mass is 10.1. The van der Waals surface area contributed by atoms with Gasteiger partial charge in [-0.2, -0.15) is 4.31 Å². The van der Waals surface area contributed by atoms with E-state index < -0.39 is 27.7 Å². The highest BCUT2D eigenvalue weighted by Crippen LogP contribution is 2.18. The normalized spacial score (nSPS) is 14.8. The highest BCUT2D eigenvalue weighted by Gasteiger charge is 2.26. The molecular weight excluding hydrogens is 425 g/mol. The lowest BCUT2D eigenvalue weighted by molar-refractivity contribution is -0.121. The van der Waals surface area contributed by atoms with Crippen molar-refractivity contribution in [3.8, 4) is 0 Å². The average molecular weight is 450 g/mol. The molecule has 0 unspecified atom stereocenters. The molecule has 0 aliphatic carbocycles. The fraction of sp³-hybridized carbons (Fsp3) is 0.333. The van der Waals surface area contributed by atoms with Crippen molar-refractivity contribution in [2.24, 2.45) is 0 Å². The Balaban J connectivity index is 1.49. The van der Waals surface area contributed by atoms with Crippen LogP contribution in [0.15, 0.2) is 47.4 Å². The molecular formula is C21H24FN3O5S. The molecule has 0 spiro atoms. The van der Waals surface area contributed by atoms with E-state index in [2.05, 4.69) is 10.9 Å². The van der Waals surface area contributed by atoms with Crippen molar-refractivity contribution in [1.82, 2.24) is 15.2 Å². The fourth-order valence-corrected chi connectivity index (χ4v) is 4.43. The van der Waals surface area contributed by atoms with Crippen LogP contribution in [0.25, 0.3) is 0 Å². The predicted molar refractivity (Wildman–Crippen MR) is 111 cm³/mol. The molecule has 0 saturated carbocycles. The second-order valence-corrected chi connectivity index (χ2v) is 9.06. The van der Waals surface area contributed by atoms with E-state index in [1.807, 2.05) is 0 Å². The smallest absolute Gasteiger partial charge is 0.269 e. The maximum absolute atomic E-state index is 13.5. The van der Waals surface area contributed by atoms with Gasteiger partial charge in [-0.25, -0.2) is 12.8 Å². The highest BCUT2D eigenvalue weighted by molar-refractivity contribution is 7.89. The van der Waals surface area contributed by atoms with Crippen LogP contribution < -0.4 is 10.9 Å². The Labute approximate surface area is 180 Å². The Bertz CT molecular complexity index is 1050. The standard InChI is InChI=1S/C21H24FN3O5S/c1-15-2-6-17(14-19(15)22)21(27)24-23-20(26)9-5-16-3-7-18(8-4-16)31(28,29)25-10-12-30-13-11-25/h2-4,6-8,14H,5,9-13H2,1H3,(H,23,26)(H,24,27). The number of hydrogen-bond donors (Lipinski definition) is 2. The number of rotatable bonds is 6. The zero-order valence-electron chi connectivity index (χ0n) is 17.1. The van der Waals surface area contributed by atoms with Crippen molar-refractivity contribution in [3.63, 3.8) is 0 Å². The van der Waals surface area contributed by atoms with Gasteiger partial charge < -0.3 is 4.74 Å². The molecule has 1 aliphatic rings. The lowest BCUT2D eigenvalue weighted by Gasteiger charge is -2.26. The summed E-state index contributed by atoms with van der Waals surface area (Å²) in [6.07, 6.45) is 0.441. The Morgan fingerprint density at radius 2 is 1.74 bits per heavy atom. The third-order valence-electron chi connectivity index (χ3n) is 4.92. The summed E-state index contributed by atoms with van der Waals surface area (Å²) in [7, 11) is -3.56. The summed E-state index contributed by atoms with van der Waals surface area (Å²) in [5, 5.41) is 0. The van der Waals surface area contributed by atoms with Gasteiger partial charge in [0, 0.05) is 25.1 Å². The molecule has 1 heterocycles. The molecule has 1 fully saturated rings. The summed E-state index contributed by atoms with van der Waals surface area (Å²) in [4.78, 5) is 24.2. The van der Waals surface area contributed by atoms with Crippen molar-refractivity contribution in [2.75, 3.05) is 26.3 Å². The molecule has 10 heteroatoms. The molecule has 2 aromatic carbocycles. The summed E-state index contributed by atoms with van der Waals surface area (Å²) < 4.78 is 45.3. The Kier molecular flexibility index (Phi) is 7.37. The van der Waals surface area contributed by atoms with Crippen molar-refractivity contribution in [1.29, 1.82) is 0 Å². The van der Waals surface area contributed by atoms with Crippen LogP contribution in [0.5, 0.6) is 0 Å². The number of benzene rings is 2. The van der Waals surface area contributed by atoms with Crippen LogP contribution in [0.3, 0.4) is 0 Å². The average Bonchev–Trinajstić information content (AvgIpc) is 2.78. The third-order valence-corrected chi connectivity index (χ3v) is 6.83. The summed E-state index contributed by atoms with van der Waals surface area (Å²) in [6, 6.07) is 10.4. The van der Waals surface area contributed by atoms with Crippen LogP contribution in [0, 0.1) is 12.7 Å². The van der Waals surface area contributed by atoms with E-state index in [9.17, 15) is 22.4 Å². The molecule has 0 radical (unpaired) electrons. The third kappa shape index (κ3) is 5.87. The van der Waals surface area contributed by atoms with E-state index in [0.717, 1.165) is 11.6 Å². The summed E-state index contributed by atoms with van der Waals surface area (Å²) in [6.45, 7) is 2.99. The van der Waals surface area contributed by atoms with E-state index in [0.29, 0.717) is 38.3 Å². The van der Waals surface area contributed by atoms with E-state index in [1.54, 1.807) is 19.1 Å². The van der Waals surface area contributed by atoms with Gasteiger partial charge in [-0.3, -0.25) is 20.4 Å². The Hall–Kier alpha value is -2.82. The molecule has 0 atom stereocenters. The van der Waals surface area contributed by atoms with Crippen LogP contribution in [0.4, 0.5) is 4.39 Å². The number of carbonyl (C=O) groups is 2. The van der Waals surface area contributed by atoms with Gasteiger partial charge in [0.2, 0.25) is 15.9 Å². The number of hydrazine groups is 1. The quantitative estimate of drug-likeness (QED) is 0.651. The number of halogens is 1. The first-order valence-corrected chi connectivity index (χ1v) is 11.2. The molecule has 166 valence electrons. The van der Waals surface area contributed by atoms with E-state index >= 15 is 0 Å². The number of nitrogens with one attached hydrogen (secondary N) is 2. The molecule has 31 heavy (non-hydrogen) atoms. The highest BCUT2D eigenvalue weighted by atomic mass is 32.2. The number of ether oxygens (including phenoxy) is 1. The molecule has 2 amide bonds. The van der Waals surface area contributed by atoms with E-state index in [4.69, 9.17) is 4.74 Å². The predicted octanol–water partition coefficient (Wildman–Crippen LogP) is 1.55. The largest absolute Gasteiger partial charge is 0.379 e. The molecule has 8 nitrogen and oxygen atoms in total. The number of nitrogens with zero attached hydrogens (tertiary/aromatic N) is 1. The SMILES string of the molecule is Cc1ccc(C(=O)NNC(=O)CCc2ccc(S(=O)(=O)N3CCOCC3)cc2)cc1F. The van der Waals surface area contributed by atoms with E-state index in [-0.39, 0.29) is 16.9 Å². The molecule has 3 rings (SSSR count). The first kappa shape index (κ1) is 22.9. The zero-order valence-corrected chi connectivity index (χ0v) is 17.9. The molecule has 1 aliphatic heterocycles. The van der Waals surface area contributed by atoms with Gasteiger partial charge in [-0.1, -0.05) is 18.2 Å². The van der Waals surface area contributed by atoms with Gasteiger partial charge in [0.15, 0.2) is 0 Å². The van der Waals surface area contributed by atoms with Gasteiger partial charge in [-0.15, -0.1) is 0 Å². The minimum Gasteiger partial charge on any atom is -0.379 e. The van der Waals surface area contributed by atoms with Crippen LogP contribution >= 0.6 is 0 Å². The van der Waals surface area contributed by atoms with Crippen molar-refractivity contribution < 1.29 is 27.1 Å². The number of amides is 2. The van der Waals surface area contributed by atoms with Gasteiger partial charge >= 0.3 is 0 Å². The fourth-order valence-electron chi connectivity index (χ4n) is 3.02. The number of hydrogen-bond acceptors (Lipinski definition) is 5. The second-order valence-electron chi connectivity index (χ2n) is 7.13. The topological polar surface area (TPSA) is 105 Å². The monoisotopic (exact) mass is 449 g/mol. The Morgan fingerprint density at radius 1 is 1.06 bits per heavy atom. The number of morpholine rings is 1. The number of aryl methyl sites for hydroxylation is 2. The number of carbonyl (C=O) groups excluding carboxylic acids is 2. The molecule has 0 bridgehead atoms. The second kappa shape index (κ2) is 9.99. The van der Waals surface area contributed by atoms with Gasteiger partial charge in [0.25, 0.3) is 5.91 Å². The van der Waals surface area contributed by atoms with Gasteiger partial charge in [0.1, 0.15) is 5.82 Å². The molecule has 2 N–H and O–H groups in total. The molecule has 2 aromatic rings. The van der Waals surface area contributed by atoms with Crippen molar-refractivity contribution in [2.45, 2.75) is 24.7 Å². The lowest BCUT2D eigenvalue weighted by Crippen LogP contribution is -2.41. The van der Waals surface area contributed by atoms with Crippen LogP contribution in [-0.2, 0) is 26.0 Å². The minimum atomic E-state index is -3.56. The van der Waals surface area contributed by atoms with Crippen molar-refractivity contribution >= 4 is 21.8 Å². The Morgan fingerprint density at radius 3 is 2.39 bits per heavy atom. The zero-order chi connectivity index (χ0) is 22.4. The summed E-state index contributed by atoms with van der Waals surface area (Å²) in [5.74, 6) is -1.55. The summed E-state index contributed by atoms with van der Waals surface area (Å²) >= 11 is 0. The van der Waals surface area contributed by atoms with E-state index in [1.165, 1.54) is 28.6 Å². The van der Waals surface area contributed by atoms with Crippen LogP contribution in [0.2, 0.25) is 0 Å². The van der Waals surface area contributed by atoms with Crippen LogP contribution in [0.1, 0.15) is 27.9 Å². The van der Waals surface area contributed by atoms with Gasteiger partial charge in [-0.05, 0) is 48.7 Å². The first-order chi connectivity index (χ1) is 14.8. The maximum atomic E-state index is 13.5. The maximum Gasteiger partial charge on any atom is 0.269 e. The van der Waals surface area contributed by atoms with Crippen molar-refractivity contribution in [3.05, 3.63) is 65.0 Å². The van der Waals surface area contributed by atoms with Crippen LogP contribution in [-0.4, -0.2) is 50.8 Å².